The van der Waals surface area contributed by atoms with E-state index in [-0.39, 0.29) is 5.41 Å². The highest BCUT2D eigenvalue weighted by molar-refractivity contribution is 9.10. The number of nitrogens with one attached hydrogen (secondary N) is 1. The third-order valence-electron chi connectivity index (χ3n) is 3.32. The number of aryl methyl sites for hydroxylation is 1. The standard InChI is InChI=1S/C16H20BrN3/c1-4-14-19-13(17)10-15(20-14)18-11-16(2,3)12-8-6-5-7-9-12/h5-10H,4,11H2,1-3H3,(H,18,19,20). The van der Waals surface area contributed by atoms with Crippen LogP contribution in [-0.2, 0) is 11.8 Å². The Labute approximate surface area is 129 Å². The Morgan fingerprint density at radius 3 is 2.50 bits per heavy atom. The molecule has 2 rings (SSSR count). The average Bonchev–Trinajstić information content (AvgIpc) is 2.45. The number of hydrogen-bond donors (Lipinski definition) is 1. The van der Waals surface area contributed by atoms with Crippen LogP contribution in [0.1, 0.15) is 32.2 Å². The van der Waals surface area contributed by atoms with Gasteiger partial charge in [-0.15, -0.1) is 0 Å². The molecule has 2 aromatic rings. The van der Waals surface area contributed by atoms with Gasteiger partial charge in [-0.1, -0.05) is 51.1 Å². The first-order chi connectivity index (χ1) is 9.51. The van der Waals surface area contributed by atoms with Crippen LogP contribution in [0.3, 0.4) is 0 Å². The fraction of sp³-hybridized carbons (Fsp3) is 0.375. The van der Waals surface area contributed by atoms with Gasteiger partial charge in [0.2, 0.25) is 0 Å². The summed E-state index contributed by atoms with van der Waals surface area (Å²) in [5.74, 6) is 1.71. The third kappa shape index (κ3) is 3.79. The zero-order chi connectivity index (χ0) is 14.6. The van der Waals surface area contributed by atoms with Crippen LogP contribution in [0.5, 0.6) is 0 Å². The molecule has 0 aliphatic rings. The van der Waals surface area contributed by atoms with Crippen molar-refractivity contribution in [2.75, 3.05) is 11.9 Å². The molecule has 0 amide bonds. The van der Waals surface area contributed by atoms with Gasteiger partial charge in [0.05, 0.1) is 0 Å². The summed E-state index contributed by atoms with van der Waals surface area (Å²) in [6, 6.07) is 12.4. The van der Waals surface area contributed by atoms with E-state index in [9.17, 15) is 0 Å². The molecule has 0 unspecified atom stereocenters. The lowest BCUT2D eigenvalue weighted by atomic mass is 9.85. The van der Waals surface area contributed by atoms with E-state index in [1.165, 1.54) is 5.56 Å². The first kappa shape index (κ1) is 15.0. The average molecular weight is 334 g/mol. The molecule has 0 aliphatic carbocycles. The minimum absolute atomic E-state index is 0.0467. The Kier molecular flexibility index (Phi) is 4.76. The number of benzene rings is 1. The lowest BCUT2D eigenvalue weighted by Crippen LogP contribution is -2.28. The van der Waals surface area contributed by atoms with Crippen molar-refractivity contribution in [3.63, 3.8) is 0 Å². The van der Waals surface area contributed by atoms with Gasteiger partial charge >= 0.3 is 0 Å². The molecule has 0 radical (unpaired) electrons. The predicted molar refractivity (Wildman–Crippen MR) is 87.1 cm³/mol. The van der Waals surface area contributed by atoms with E-state index < -0.39 is 0 Å². The Hall–Kier alpha value is -1.42. The molecule has 1 aromatic carbocycles. The van der Waals surface area contributed by atoms with Crippen LogP contribution in [0.2, 0.25) is 0 Å². The molecule has 0 saturated heterocycles. The number of halogens is 1. The first-order valence-electron chi connectivity index (χ1n) is 6.84. The molecule has 106 valence electrons. The molecule has 0 spiro atoms. The maximum Gasteiger partial charge on any atom is 0.131 e. The Bertz CT molecular complexity index is 567. The minimum atomic E-state index is 0.0467. The third-order valence-corrected chi connectivity index (χ3v) is 3.73. The van der Waals surface area contributed by atoms with E-state index in [0.717, 1.165) is 29.2 Å². The number of hydrogen-bond acceptors (Lipinski definition) is 3. The SMILES string of the molecule is CCc1nc(Br)cc(NCC(C)(C)c2ccccc2)n1. The van der Waals surface area contributed by atoms with Crippen LogP contribution in [0.15, 0.2) is 41.0 Å². The quantitative estimate of drug-likeness (QED) is 0.833. The van der Waals surface area contributed by atoms with E-state index in [1.807, 2.05) is 12.1 Å². The predicted octanol–water partition coefficient (Wildman–Crippen LogP) is 4.19. The van der Waals surface area contributed by atoms with Crippen molar-refractivity contribution in [3.05, 3.63) is 52.4 Å². The highest BCUT2D eigenvalue weighted by atomic mass is 79.9. The lowest BCUT2D eigenvalue weighted by molar-refractivity contribution is 0.556. The molecular formula is C16H20BrN3. The van der Waals surface area contributed by atoms with Crippen molar-refractivity contribution in [1.82, 2.24) is 9.97 Å². The van der Waals surface area contributed by atoms with Crippen molar-refractivity contribution in [2.45, 2.75) is 32.6 Å². The minimum Gasteiger partial charge on any atom is -0.369 e. The lowest BCUT2D eigenvalue weighted by Gasteiger charge is -2.26. The highest BCUT2D eigenvalue weighted by Gasteiger charge is 2.20. The van der Waals surface area contributed by atoms with Crippen LogP contribution < -0.4 is 5.32 Å². The van der Waals surface area contributed by atoms with E-state index in [2.05, 4.69) is 76.3 Å². The molecule has 0 fully saturated rings. The zero-order valence-corrected chi connectivity index (χ0v) is 13.7. The first-order valence-corrected chi connectivity index (χ1v) is 7.63. The monoisotopic (exact) mass is 333 g/mol. The van der Waals surface area contributed by atoms with Crippen LogP contribution in [-0.4, -0.2) is 16.5 Å². The van der Waals surface area contributed by atoms with Gasteiger partial charge in [-0.05, 0) is 21.5 Å². The molecule has 3 nitrogen and oxygen atoms in total. The molecule has 20 heavy (non-hydrogen) atoms. The van der Waals surface area contributed by atoms with E-state index >= 15 is 0 Å². The molecule has 1 heterocycles. The summed E-state index contributed by atoms with van der Waals surface area (Å²) in [7, 11) is 0. The van der Waals surface area contributed by atoms with Crippen molar-refractivity contribution in [1.29, 1.82) is 0 Å². The number of anilines is 1. The van der Waals surface area contributed by atoms with Crippen LogP contribution in [0.4, 0.5) is 5.82 Å². The molecule has 0 aliphatic heterocycles. The molecule has 1 N–H and O–H groups in total. The van der Waals surface area contributed by atoms with Crippen molar-refractivity contribution < 1.29 is 0 Å². The van der Waals surface area contributed by atoms with Crippen molar-refractivity contribution in [2.24, 2.45) is 0 Å². The Morgan fingerprint density at radius 1 is 1.15 bits per heavy atom. The molecule has 0 atom stereocenters. The summed E-state index contributed by atoms with van der Waals surface area (Å²) in [5.41, 5.74) is 1.36. The summed E-state index contributed by atoms with van der Waals surface area (Å²) in [6.45, 7) is 7.34. The summed E-state index contributed by atoms with van der Waals surface area (Å²) >= 11 is 3.43. The Morgan fingerprint density at radius 2 is 1.85 bits per heavy atom. The van der Waals surface area contributed by atoms with Gasteiger partial charge in [-0.3, -0.25) is 0 Å². The van der Waals surface area contributed by atoms with Crippen LogP contribution in [0, 0.1) is 0 Å². The number of rotatable bonds is 5. The second-order valence-electron chi connectivity index (χ2n) is 5.45. The summed E-state index contributed by atoms with van der Waals surface area (Å²) in [6.07, 6.45) is 0.830. The summed E-state index contributed by atoms with van der Waals surface area (Å²) in [4.78, 5) is 8.82. The second-order valence-corrected chi connectivity index (χ2v) is 6.26. The fourth-order valence-corrected chi connectivity index (χ4v) is 2.44. The topological polar surface area (TPSA) is 37.8 Å². The molecule has 0 bridgehead atoms. The zero-order valence-electron chi connectivity index (χ0n) is 12.2. The largest absolute Gasteiger partial charge is 0.369 e. The maximum atomic E-state index is 4.50. The molecular weight excluding hydrogens is 314 g/mol. The van der Waals surface area contributed by atoms with E-state index in [0.29, 0.717) is 0 Å². The van der Waals surface area contributed by atoms with Gasteiger partial charge in [-0.25, -0.2) is 9.97 Å². The van der Waals surface area contributed by atoms with Crippen molar-refractivity contribution in [3.8, 4) is 0 Å². The smallest absolute Gasteiger partial charge is 0.131 e. The van der Waals surface area contributed by atoms with Gasteiger partial charge in [0.25, 0.3) is 0 Å². The van der Waals surface area contributed by atoms with Crippen LogP contribution in [0.25, 0.3) is 0 Å². The van der Waals surface area contributed by atoms with Gasteiger partial charge in [0, 0.05) is 24.4 Å². The number of aromatic nitrogens is 2. The normalized spacial score (nSPS) is 11.4. The molecule has 1 aromatic heterocycles. The van der Waals surface area contributed by atoms with Gasteiger partial charge in [0.1, 0.15) is 16.2 Å². The summed E-state index contributed by atoms with van der Waals surface area (Å²) < 4.78 is 0.823. The van der Waals surface area contributed by atoms with Crippen molar-refractivity contribution >= 4 is 21.7 Å². The summed E-state index contributed by atoms with van der Waals surface area (Å²) in [5, 5.41) is 3.42. The number of nitrogens with zero attached hydrogens (tertiary/aromatic N) is 2. The van der Waals surface area contributed by atoms with E-state index in [4.69, 9.17) is 0 Å². The molecule has 4 heteroatoms. The van der Waals surface area contributed by atoms with Gasteiger partial charge in [0.15, 0.2) is 0 Å². The second kappa shape index (κ2) is 6.35. The van der Waals surface area contributed by atoms with E-state index in [1.54, 1.807) is 0 Å². The van der Waals surface area contributed by atoms with Gasteiger partial charge in [-0.2, -0.15) is 0 Å². The van der Waals surface area contributed by atoms with Gasteiger partial charge < -0.3 is 5.32 Å². The van der Waals surface area contributed by atoms with Crippen LogP contribution >= 0.6 is 15.9 Å². The molecule has 0 saturated carbocycles. The fourth-order valence-electron chi connectivity index (χ4n) is 2.02. The highest BCUT2D eigenvalue weighted by Crippen LogP contribution is 2.23. The Balaban J connectivity index is 2.10. The maximum absolute atomic E-state index is 4.50.